The quantitative estimate of drug-likeness (QED) is 0.357. The predicted molar refractivity (Wildman–Crippen MR) is 148 cm³/mol. The van der Waals surface area contributed by atoms with Crippen LogP contribution >= 0.6 is 11.3 Å². The van der Waals surface area contributed by atoms with E-state index < -0.39 is 0 Å². The van der Waals surface area contributed by atoms with Crippen molar-refractivity contribution in [3.63, 3.8) is 0 Å². The van der Waals surface area contributed by atoms with Crippen molar-refractivity contribution in [2.45, 2.75) is 39.2 Å². The van der Waals surface area contributed by atoms with E-state index in [0.29, 0.717) is 57.1 Å². The molecule has 0 unspecified atom stereocenters. The Balaban J connectivity index is 1.33. The number of methoxy groups -OCH3 is 1. The second-order valence-corrected chi connectivity index (χ2v) is 10.7. The van der Waals surface area contributed by atoms with Crippen molar-refractivity contribution in [2.24, 2.45) is 5.92 Å². The van der Waals surface area contributed by atoms with Crippen LogP contribution in [0.3, 0.4) is 0 Å². The summed E-state index contributed by atoms with van der Waals surface area (Å²) in [4.78, 5) is 46.0. The molecule has 0 spiro atoms. The van der Waals surface area contributed by atoms with Crippen LogP contribution in [0.15, 0.2) is 36.7 Å². The van der Waals surface area contributed by atoms with E-state index in [9.17, 15) is 9.59 Å². The van der Waals surface area contributed by atoms with Gasteiger partial charge in [0.2, 0.25) is 5.91 Å². The second kappa shape index (κ2) is 10.4. The summed E-state index contributed by atoms with van der Waals surface area (Å²) in [6, 6.07) is 7.51. The molecule has 3 aromatic heterocycles. The van der Waals surface area contributed by atoms with E-state index in [4.69, 9.17) is 4.74 Å². The molecule has 2 fully saturated rings. The molecule has 9 nitrogen and oxygen atoms in total. The summed E-state index contributed by atoms with van der Waals surface area (Å²) in [6.45, 7) is 3.11. The molecule has 10 heteroatoms. The topological polar surface area (TPSA) is 110 Å². The van der Waals surface area contributed by atoms with Crippen molar-refractivity contribution in [1.29, 1.82) is 0 Å². The van der Waals surface area contributed by atoms with E-state index in [1.54, 1.807) is 25.6 Å². The molecule has 4 aromatic rings. The van der Waals surface area contributed by atoms with Gasteiger partial charge in [0.1, 0.15) is 11.4 Å². The van der Waals surface area contributed by atoms with E-state index in [0.717, 1.165) is 42.6 Å². The van der Waals surface area contributed by atoms with Crippen molar-refractivity contribution in [1.82, 2.24) is 24.8 Å². The number of ether oxygens (including phenoxy) is 1. The van der Waals surface area contributed by atoms with Crippen LogP contribution in [-0.4, -0.2) is 50.3 Å². The molecule has 1 N–H and O–H groups in total. The van der Waals surface area contributed by atoms with Crippen LogP contribution in [0.2, 0.25) is 0 Å². The lowest BCUT2D eigenvalue weighted by Gasteiger charge is -2.18. The number of carbonyl (C=O) groups excluding carboxylic acids is 2. The fourth-order valence-corrected chi connectivity index (χ4v) is 5.32. The first-order chi connectivity index (χ1) is 19.0. The number of thiazole rings is 1. The van der Waals surface area contributed by atoms with E-state index in [2.05, 4.69) is 37.1 Å². The molecule has 1 aromatic carbocycles. The highest BCUT2D eigenvalue weighted by Gasteiger charge is 2.23. The molecule has 4 heterocycles. The first-order valence-electron chi connectivity index (χ1n) is 12.8. The molecule has 1 saturated carbocycles. The number of benzene rings is 1. The molecule has 6 rings (SSSR count). The van der Waals surface area contributed by atoms with Crippen LogP contribution < -0.4 is 10.1 Å². The Morgan fingerprint density at radius 1 is 1.18 bits per heavy atom. The number of pyridine rings is 1. The third-order valence-corrected chi connectivity index (χ3v) is 7.57. The molecule has 0 atom stereocenters. The average molecular weight is 539 g/mol. The number of anilines is 1. The van der Waals surface area contributed by atoms with Gasteiger partial charge in [-0.1, -0.05) is 23.3 Å². The number of amides is 2. The molecule has 1 aliphatic heterocycles. The molecule has 1 saturated heterocycles. The van der Waals surface area contributed by atoms with Crippen LogP contribution in [0.1, 0.15) is 53.0 Å². The minimum atomic E-state index is -0.321. The second-order valence-electron chi connectivity index (χ2n) is 9.73. The van der Waals surface area contributed by atoms with Gasteiger partial charge in [0, 0.05) is 42.2 Å². The number of fused-ring (bicyclic) bond motifs is 1. The third-order valence-electron chi connectivity index (χ3n) is 6.71. The number of nitrogens with zero attached hydrogens (tertiary/aromatic N) is 5. The zero-order chi connectivity index (χ0) is 26.9. The fraction of sp³-hybridized carbons (Fsp3) is 0.310. The number of rotatable bonds is 6. The number of hydrogen-bond acceptors (Lipinski definition) is 8. The Hall–Kier alpha value is -4.36. The summed E-state index contributed by atoms with van der Waals surface area (Å²) in [5.41, 5.74) is 4.68. The van der Waals surface area contributed by atoms with Crippen molar-refractivity contribution in [3.8, 4) is 28.7 Å². The molecular formula is C29H26N6O3S. The molecule has 0 bridgehead atoms. The number of hydrogen-bond donors (Lipinski definition) is 1. The maximum Gasteiger partial charge on any atom is 0.258 e. The van der Waals surface area contributed by atoms with Gasteiger partial charge < -0.3 is 9.64 Å². The highest BCUT2D eigenvalue weighted by Crippen LogP contribution is 2.35. The molecule has 1 aliphatic carbocycles. The third kappa shape index (κ3) is 5.45. The summed E-state index contributed by atoms with van der Waals surface area (Å²) in [6.07, 6.45) is 6.99. The summed E-state index contributed by atoms with van der Waals surface area (Å²) in [5.74, 6) is 7.11. The monoisotopic (exact) mass is 538 g/mol. The first kappa shape index (κ1) is 24.9. The summed E-state index contributed by atoms with van der Waals surface area (Å²) in [5, 5.41) is 3.32. The van der Waals surface area contributed by atoms with Crippen LogP contribution in [0, 0.1) is 24.7 Å². The minimum Gasteiger partial charge on any atom is -0.494 e. The SMILES string of the molecule is COc1cnc(C)cc1-c1cc(CN2CCCC2=O)ccc1C(=O)Nc1nc2ncc(C#CC3CC3)nc2s1. The van der Waals surface area contributed by atoms with Gasteiger partial charge in [-0.05, 0) is 61.4 Å². The summed E-state index contributed by atoms with van der Waals surface area (Å²) >= 11 is 1.26. The number of aromatic nitrogens is 4. The Kier molecular flexibility index (Phi) is 6.67. The zero-order valence-corrected chi connectivity index (χ0v) is 22.5. The summed E-state index contributed by atoms with van der Waals surface area (Å²) in [7, 11) is 1.58. The highest BCUT2D eigenvalue weighted by molar-refractivity contribution is 7.21. The largest absolute Gasteiger partial charge is 0.494 e. The Labute approximate surface area is 229 Å². The number of aryl methyl sites for hydroxylation is 1. The highest BCUT2D eigenvalue weighted by atomic mass is 32.1. The Morgan fingerprint density at radius 3 is 2.82 bits per heavy atom. The fourth-order valence-electron chi connectivity index (χ4n) is 4.53. The van der Waals surface area contributed by atoms with Gasteiger partial charge in [0.25, 0.3) is 5.91 Å². The van der Waals surface area contributed by atoms with Crippen LogP contribution in [0.4, 0.5) is 5.13 Å². The molecule has 196 valence electrons. The van der Waals surface area contributed by atoms with E-state index in [1.807, 2.05) is 30.0 Å². The lowest BCUT2D eigenvalue weighted by Crippen LogP contribution is -2.24. The van der Waals surface area contributed by atoms with Gasteiger partial charge in [0.15, 0.2) is 15.6 Å². The number of likely N-dealkylation sites (tertiary alicyclic amines) is 1. The van der Waals surface area contributed by atoms with Crippen LogP contribution in [-0.2, 0) is 11.3 Å². The van der Waals surface area contributed by atoms with Gasteiger partial charge in [-0.25, -0.2) is 9.97 Å². The van der Waals surface area contributed by atoms with E-state index >= 15 is 0 Å². The van der Waals surface area contributed by atoms with E-state index in [-0.39, 0.29) is 11.8 Å². The maximum absolute atomic E-state index is 13.6. The first-order valence-corrected chi connectivity index (χ1v) is 13.7. The zero-order valence-electron chi connectivity index (χ0n) is 21.7. The van der Waals surface area contributed by atoms with Gasteiger partial charge >= 0.3 is 0 Å². The smallest absolute Gasteiger partial charge is 0.258 e. The molecule has 0 radical (unpaired) electrons. The van der Waals surface area contributed by atoms with E-state index in [1.165, 1.54) is 11.3 Å². The number of carbonyl (C=O) groups is 2. The van der Waals surface area contributed by atoms with Crippen molar-refractivity contribution < 1.29 is 14.3 Å². The number of nitrogens with one attached hydrogen (secondary N) is 1. The molecule has 2 aliphatic rings. The normalized spacial score (nSPS) is 14.8. The summed E-state index contributed by atoms with van der Waals surface area (Å²) < 4.78 is 5.59. The molecular weight excluding hydrogens is 512 g/mol. The molecule has 2 amide bonds. The maximum atomic E-state index is 13.6. The van der Waals surface area contributed by atoms with Crippen LogP contribution in [0.5, 0.6) is 5.75 Å². The Bertz CT molecular complexity index is 1670. The van der Waals surface area contributed by atoms with Crippen molar-refractivity contribution >= 4 is 38.8 Å². The lowest BCUT2D eigenvalue weighted by atomic mass is 9.96. The molecule has 39 heavy (non-hydrogen) atoms. The van der Waals surface area contributed by atoms with Gasteiger partial charge in [-0.2, -0.15) is 4.98 Å². The van der Waals surface area contributed by atoms with Crippen molar-refractivity contribution in [3.05, 3.63) is 59.2 Å². The van der Waals surface area contributed by atoms with Crippen molar-refractivity contribution in [2.75, 3.05) is 19.0 Å². The Morgan fingerprint density at radius 2 is 2.05 bits per heavy atom. The predicted octanol–water partition coefficient (Wildman–Crippen LogP) is 4.60. The minimum absolute atomic E-state index is 0.149. The standard InChI is InChI=1S/C29H26N6O3S/c1-17-12-23(24(38-2)15-30-17)22-13-19(16-35-11-3-4-25(35)36)8-10-21(22)27(37)34-29-33-26-28(39-29)32-20(14-31-26)9-7-18-5-6-18/h8,10,12-15,18H,3-6,11,16H2,1-2H3,(H,31,33,34,37). The average Bonchev–Trinajstić information content (AvgIpc) is 3.56. The van der Waals surface area contributed by atoms with Gasteiger partial charge in [-0.15, -0.1) is 0 Å². The van der Waals surface area contributed by atoms with Gasteiger partial charge in [0.05, 0.1) is 19.5 Å². The van der Waals surface area contributed by atoms with Gasteiger partial charge in [-0.3, -0.25) is 19.9 Å². The van der Waals surface area contributed by atoms with Crippen LogP contribution in [0.25, 0.3) is 21.6 Å². The lowest BCUT2D eigenvalue weighted by molar-refractivity contribution is -0.128.